The summed E-state index contributed by atoms with van der Waals surface area (Å²) in [6.45, 7) is 0. The molecule has 0 saturated heterocycles. The lowest BCUT2D eigenvalue weighted by Crippen LogP contribution is -1.89. The fourth-order valence-corrected chi connectivity index (χ4v) is 2.33. The van der Waals surface area contributed by atoms with E-state index in [-0.39, 0.29) is 0 Å². The molecule has 0 aliphatic carbocycles. The largest absolute Gasteiger partial charge is 0.496 e. The third kappa shape index (κ3) is 1.94. The van der Waals surface area contributed by atoms with Crippen molar-refractivity contribution < 1.29 is 4.74 Å². The van der Waals surface area contributed by atoms with Crippen LogP contribution in [0.4, 0.5) is 0 Å². The Bertz CT molecular complexity index is 559. The maximum atomic E-state index is 8.97. The van der Waals surface area contributed by atoms with Crippen molar-refractivity contribution in [3.8, 4) is 23.1 Å². The van der Waals surface area contributed by atoms with Crippen LogP contribution in [-0.2, 0) is 0 Å². The van der Waals surface area contributed by atoms with Crippen molar-refractivity contribution in [2.45, 2.75) is 0 Å². The summed E-state index contributed by atoms with van der Waals surface area (Å²) >= 11 is 4.72. The molecule has 0 aliphatic rings. The molecule has 0 fully saturated rings. The van der Waals surface area contributed by atoms with Crippen molar-refractivity contribution in [1.82, 2.24) is 4.98 Å². The first kappa shape index (κ1) is 11.1. The summed E-state index contributed by atoms with van der Waals surface area (Å²) in [4.78, 5) is 4.80. The Morgan fingerprint density at radius 1 is 1.50 bits per heavy atom. The first-order chi connectivity index (χ1) is 7.76. The van der Waals surface area contributed by atoms with E-state index in [0.29, 0.717) is 16.3 Å². The van der Waals surface area contributed by atoms with E-state index in [1.54, 1.807) is 12.6 Å². The Morgan fingerprint density at radius 2 is 2.31 bits per heavy atom. The van der Waals surface area contributed by atoms with Gasteiger partial charge in [-0.25, -0.2) is 4.98 Å². The van der Waals surface area contributed by atoms with Gasteiger partial charge in [0.25, 0.3) is 0 Å². The fourth-order valence-electron chi connectivity index (χ4n) is 1.38. The second-order valence-electron chi connectivity index (χ2n) is 2.99. The Balaban J connectivity index is 2.63. The third-order valence-electron chi connectivity index (χ3n) is 2.09. The molecule has 5 heteroatoms. The van der Waals surface area contributed by atoms with Gasteiger partial charge in [-0.3, -0.25) is 0 Å². The van der Waals surface area contributed by atoms with Crippen LogP contribution in [0, 0.1) is 11.3 Å². The molecule has 16 heavy (non-hydrogen) atoms. The quantitative estimate of drug-likeness (QED) is 0.852. The number of nitriles is 1. The number of hydrogen-bond donors (Lipinski definition) is 0. The zero-order chi connectivity index (χ0) is 11.5. The minimum Gasteiger partial charge on any atom is -0.496 e. The van der Waals surface area contributed by atoms with Crippen LogP contribution in [0.25, 0.3) is 11.3 Å². The number of hydrogen-bond acceptors (Lipinski definition) is 4. The van der Waals surface area contributed by atoms with Gasteiger partial charge in [-0.15, -0.1) is 11.3 Å². The SMILES string of the molecule is COc1ccc(Br)cc1-c1ncsc1C#N. The van der Waals surface area contributed by atoms with Crippen molar-refractivity contribution in [2.24, 2.45) is 0 Å². The molecule has 2 aromatic rings. The van der Waals surface area contributed by atoms with Gasteiger partial charge in [0.15, 0.2) is 0 Å². The minimum atomic E-state index is 0.594. The first-order valence-corrected chi connectivity index (χ1v) is 6.11. The number of methoxy groups -OCH3 is 1. The topological polar surface area (TPSA) is 45.9 Å². The van der Waals surface area contributed by atoms with Crippen LogP contribution in [0.3, 0.4) is 0 Å². The van der Waals surface area contributed by atoms with E-state index in [2.05, 4.69) is 27.0 Å². The summed E-state index contributed by atoms with van der Waals surface area (Å²) in [7, 11) is 1.60. The van der Waals surface area contributed by atoms with E-state index in [9.17, 15) is 0 Å². The number of ether oxygens (including phenoxy) is 1. The standard InChI is InChI=1S/C11H7BrN2OS/c1-15-9-3-2-7(12)4-8(9)11-10(5-13)16-6-14-11/h2-4,6H,1H3. The van der Waals surface area contributed by atoms with E-state index < -0.39 is 0 Å². The van der Waals surface area contributed by atoms with Gasteiger partial charge in [-0.05, 0) is 18.2 Å². The highest BCUT2D eigenvalue weighted by Crippen LogP contribution is 2.34. The van der Waals surface area contributed by atoms with E-state index >= 15 is 0 Å². The highest BCUT2D eigenvalue weighted by Gasteiger charge is 2.13. The van der Waals surface area contributed by atoms with Crippen molar-refractivity contribution in [2.75, 3.05) is 7.11 Å². The summed E-state index contributed by atoms with van der Waals surface area (Å²) in [5, 5.41) is 8.97. The van der Waals surface area contributed by atoms with Gasteiger partial charge in [0.05, 0.1) is 12.6 Å². The number of halogens is 1. The lowest BCUT2D eigenvalue weighted by atomic mass is 10.1. The van der Waals surface area contributed by atoms with E-state index in [1.807, 2.05) is 18.2 Å². The molecule has 0 saturated carbocycles. The maximum absolute atomic E-state index is 8.97. The predicted octanol–water partition coefficient (Wildman–Crippen LogP) is 3.45. The highest BCUT2D eigenvalue weighted by molar-refractivity contribution is 9.10. The molecule has 0 radical (unpaired) electrons. The third-order valence-corrected chi connectivity index (χ3v) is 3.31. The number of aromatic nitrogens is 1. The van der Waals surface area contributed by atoms with Crippen LogP contribution in [0.1, 0.15) is 4.88 Å². The maximum Gasteiger partial charge on any atom is 0.132 e. The van der Waals surface area contributed by atoms with Gasteiger partial charge in [-0.2, -0.15) is 5.26 Å². The zero-order valence-electron chi connectivity index (χ0n) is 8.40. The predicted molar refractivity (Wildman–Crippen MR) is 66.5 cm³/mol. The van der Waals surface area contributed by atoms with Crippen molar-refractivity contribution >= 4 is 27.3 Å². The van der Waals surface area contributed by atoms with Crippen molar-refractivity contribution in [3.63, 3.8) is 0 Å². The molecule has 1 heterocycles. The lowest BCUT2D eigenvalue weighted by Gasteiger charge is -2.06. The Morgan fingerprint density at radius 3 is 3.00 bits per heavy atom. The number of benzene rings is 1. The van der Waals surface area contributed by atoms with Crippen molar-refractivity contribution in [3.05, 3.63) is 33.1 Å². The number of thiazole rings is 1. The molecule has 0 N–H and O–H groups in total. The van der Waals surface area contributed by atoms with Gasteiger partial charge < -0.3 is 4.74 Å². The van der Waals surface area contributed by atoms with Crippen molar-refractivity contribution in [1.29, 1.82) is 5.26 Å². The average molecular weight is 295 g/mol. The minimum absolute atomic E-state index is 0.594. The molecule has 1 aromatic carbocycles. The lowest BCUT2D eigenvalue weighted by molar-refractivity contribution is 0.416. The monoisotopic (exact) mass is 294 g/mol. The molecule has 0 bridgehead atoms. The van der Waals surface area contributed by atoms with E-state index in [0.717, 1.165) is 10.0 Å². The molecule has 80 valence electrons. The Labute approximate surface area is 105 Å². The van der Waals surface area contributed by atoms with Gasteiger partial charge in [0.1, 0.15) is 22.4 Å². The van der Waals surface area contributed by atoms with Crippen LogP contribution < -0.4 is 4.74 Å². The first-order valence-electron chi connectivity index (χ1n) is 4.43. The van der Waals surface area contributed by atoms with E-state index in [4.69, 9.17) is 10.00 Å². The average Bonchev–Trinajstić information content (AvgIpc) is 2.76. The van der Waals surface area contributed by atoms with Crippen LogP contribution in [0.5, 0.6) is 5.75 Å². The Kier molecular flexibility index (Phi) is 3.22. The van der Waals surface area contributed by atoms with Crippen LogP contribution in [0.15, 0.2) is 28.2 Å². The molecule has 0 spiro atoms. The summed E-state index contributed by atoms with van der Waals surface area (Å²) in [6.07, 6.45) is 0. The van der Waals surface area contributed by atoms with E-state index in [1.165, 1.54) is 11.3 Å². The van der Waals surface area contributed by atoms with Crippen LogP contribution in [0.2, 0.25) is 0 Å². The molecule has 1 aromatic heterocycles. The van der Waals surface area contributed by atoms with Gasteiger partial charge >= 0.3 is 0 Å². The molecule has 0 atom stereocenters. The number of rotatable bonds is 2. The second kappa shape index (κ2) is 4.64. The van der Waals surface area contributed by atoms with Gasteiger partial charge in [-0.1, -0.05) is 15.9 Å². The molecule has 0 aliphatic heterocycles. The second-order valence-corrected chi connectivity index (χ2v) is 4.76. The van der Waals surface area contributed by atoms with Gasteiger partial charge in [0.2, 0.25) is 0 Å². The highest BCUT2D eigenvalue weighted by atomic mass is 79.9. The molecule has 2 rings (SSSR count). The smallest absolute Gasteiger partial charge is 0.132 e. The zero-order valence-corrected chi connectivity index (χ0v) is 10.8. The molecule has 0 unspecified atom stereocenters. The van der Waals surface area contributed by atoms with Crippen LogP contribution >= 0.6 is 27.3 Å². The van der Waals surface area contributed by atoms with Gasteiger partial charge in [0, 0.05) is 10.0 Å². The number of nitrogens with zero attached hydrogens (tertiary/aromatic N) is 2. The fraction of sp³-hybridized carbons (Fsp3) is 0.0909. The normalized spacial score (nSPS) is 9.81. The summed E-state index contributed by atoms with van der Waals surface area (Å²) < 4.78 is 6.19. The summed E-state index contributed by atoms with van der Waals surface area (Å²) in [5.41, 5.74) is 3.16. The summed E-state index contributed by atoms with van der Waals surface area (Å²) in [5.74, 6) is 0.714. The molecule has 3 nitrogen and oxygen atoms in total. The molecular weight excluding hydrogens is 288 g/mol. The molecule has 0 amide bonds. The summed E-state index contributed by atoms with van der Waals surface area (Å²) in [6, 6.07) is 7.76. The van der Waals surface area contributed by atoms with Crippen LogP contribution in [-0.4, -0.2) is 12.1 Å². The molecular formula is C11H7BrN2OS. The Hall–Kier alpha value is -1.38.